The SMILES string of the molecule is CCOC(=O)c1ccc(NC(=O)N(C2CCC[N+](C)(Cc3cccc(O)c3)C2)[C@@H](Cc2ccc(O)cc2)C(N)=O)cc1.O=C([O-])C(F)(F)F. The fourth-order valence-corrected chi connectivity index (χ4v) is 5.71. The predicted octanol–water partition coefficient (Wildman–Crippen LogP) is 3.31. The smallest absolute Gasteiger partial charge is 0.430 e. The van der Waals surface area contributed by atoms with Gasteiger partial charge in [0, 0.05) is 17.7 Å². The third-order valence-electron chi connectivity index (χ3n) is 7.90. The van der Waals surface area contributed by atoms with Gasteiger partial charge in [0.1, 0.15) is 30.1 Å². The number of benzene rings is 3. The van der Waals surface area contributed by atoms with Crippen LogP contribution in [-0.2, 0) is 27.3 Å². The third-order valence-corrected chi connectivity index (χ3v) is 7.90. The van der Waals surface area contributed by atoms with Crippen molar-refractivity contribution < 1.29 is 56.9 Å². The monoisotopic (exact) mass is 688 g/mol. The first kappa shape index (κ1) is 38.1. The highest BCUT2D eigenvalue weighted by Gasteiger charge is 2.41. The van der Waals surface area contributed by atoms with Gasteiger partial charge in [0.2, 0.25) is 5.91 Å². The van der Waals surface area contributed by atoms with E-state index in [1.807, 2.05) is 12.1 Å². The number of carbonyl (C=O) groups excluding carboxylic acids is 4. The van der Waals surface area contributed by atoms with Gasteiger partial charge in [-0.3, -0.25) is 4.79 Å². The van der Waals surface area contributed by atoms with Crippen molar-refractivity contribution in [2.75, 3.05) is 32.1 Å². The molecule has 12 nitrogen and oxygen atoms in total. The zero-order chi connectivity index (χ0) is 36.4. The minimum atomic E-state index is -5.19. The van der Waals surface area contributed by atoms with E-state index in [-0.39, 0.29) is 30.6 Å². The number of nitrogens with one attached hydrogen (secondary N) is 1. The van der Waals surface area contributed by atoms with E-state index in [1.165, 1.54) is 12.1 Å². The number of nitrogens with two attached hydrogens (primary N) is 1. The number of hydrogen-bond acceptors (Lipinski definition) is 8. The van der Waals surface area contributed by atoms with E-state index in [9.17, 15) is 37.8 Å². The average Bonchev–Trinajstić information content (AvgIpc) is 3.02. The van der Waals surface area contributed by atoms with Gasteiger partial charge in [-0.05, 0) is 73.9 Å². The molecule has 15 heteroatoms. The lowest BCUT2D eigenvalue weighted by atomic mass is 9.96. The van der Waals surface area contributed by atoms with E-state index in [0.29, 0.717) is 35.2 Å². The summed E-state index contributed by atoms with van der Waals surface area (Å²) in [6.45, 7) is 4.08. The third kappa shape index (κ3) is 11.4. The molecule has 3 atom stereocenters. The largest absolute Gasteiger partial charge is 0.542 e. The number of piperidine rings is 1. The van der Waals surface area contributed by atoms with Crippen LogP contribution in [0.4, 0.5) is 23.7 Å². The molecule has 0 radical (unpaired) electrons. The number of quaternary nitrogens is 1. The summed E-state index contributed by atoms with van der Waals surface area (Å²) in [7, 11) is 2.11. The number of rotatable bonds is 10. The number of nitrogens with zero attached hydrogens (tertiary/aromatic N) is 2. The maximum absolute atomic E-state index is 14.0. The van der Waals surface area contributed by atoms with E-state index in [1.54, 1.807) is 60.4 Å². The van der Waals surface area contributed by atoms with Gasteiger partial charge in [0.15, 0.2) is 0 Å². The second-order valence-corrected chi connectivity index (χ2v) is 11.9. The second kappa shape index (κ2) is 16.7. The van der Waals surface area contributed by atoms with Gasteiger partial charge in [-0.15, -0.1) is 0 Å². The van der Waals surface area contributed by atoms with E-state index < -0.39 is 36.1 Å². The van der Waals surface area contributed by atoms with E-state index in [2.05, 4.69) is 12.4 Å². The summed E-state index contributed by atoms with van der Waals surface area (Å²) in [4.78, 5) is 49.3. The van der Waals surface area contributed by atoms with Gasteiger partial charge >= 0.3 is 18.2 Å². The molecule has 5 N–H and O–H groups in total. The summed E-state index contributed by atoms with van der Waals surface area (Å²) >= 11 is 0. The molecule has 49 heavy (non-hydrogen) atoms. The van der Waals surface area contributed by atoms with Crippen LogP contribution in [0.5, 0.6) is 11.5 Å². The minimum Gasteiger partial charge on any atom is -0.542 e. The molecule has 3 amide bonds. The number of alkyl halides is 3. The Hall–Kier alpha value is -5.31. The van der Waals surface area contributed by atoms with Gasteiger partial charge in [0.05, 0.1) is 38.3 Å². The number of anilines is 1. The Kier molecular flexibility index (Phi) is 13.0. The molecule has 264 valence electrons. The molecule has 4 rings (SSSR count). The molecule has 3 aromatic rings. The Morgan fingerprint density at radius 3 is 2.20 bits per heavy atom. The van der Waals surface area contributed by atoms with E-state index in [0.717, 1.165) is 24.1 Å². The van der Waals surface area contributed by atoms with Gasteiger partial charge in [-0.2, -0.15) is 13.2 Å². The first-order valence-electron chi connectivity index (χ1n) is 15.3. The molecule has 1 heterocycles. The lowest BCUT2D eigenvalue weighted by molar-refractivity contribution is -0.928. The maximum atomic E-state index is 14.0. The van der Waals surface area contributed by atoms with E-state index in [4.69, 9.17) is 20.4 Å². The second-order valence-electron chi connectivity index (χ2n) is 11.9. The van der Waals surface area contributed by atoms with Gasteiger partial charge in [-0.1, -0.05) is 24.3 Å². The summed E-state index contributed by atoms with van der Waals surface area (Å²) in [5.41, 5.74) is 8.50. The van der Waals surface area contributed by atoms with Crippen molar-refractivity contribution in [1.29, 1.82) is 0 Å². The standard InChI is InChI=1S/C32H38N4O6.C2HF3O2/c1-3-42-31(40)24-11-13-25(14-12-24)34-32(41)35(29(30(33)39)19-22-9-15-27(37)16-10-22)26-7-5-17-36(2,21-26)20-23-6-4-8-28(38)18-23;3-2(4,5)1(6)7/h4,6,8-16,18,26,29H,3,5,7,17,19-21H2,1-2H3,(H4-,33,34,37,38,39,40,41);(H,6,7)/t26?,29-,36?;/m0./s1. The molecule has 1 saturated heterocycles. The zero-order valence-electron chi connectivity index (χ0n) is 27.0. The number of halogens is 3. The number of primary amides is 1. The Bertz CT molecular complexity index is 1600. The van der Waals surface area contributed by atoms with Gasteiger partial charge in [-0.25, -0.2) is 9.59 Å². The van der Waals surface area contributed by atoms with Crippen molar-refractivity contribution in [3.05, 3.63) is 89.5 Å². The van der Waals surface area contributed by atoms with Crippen molar-refractivity contribution in [2.45, 2.75) is 51.0 Å². The van der Waals surface area contributed by atoms with Crippen LogP contribution < -0.4 is 16.2 Å². The van der Waals surface area contributed by atoms with Gasteiger partial charge < -0.3 is 45.3 Å². The number of likely N-dealkylation sites (tertiary alicyclic amines) is 1. The molecule has 0 saturated carbocycles. The molecule has 3 aromatic carbocycles. The van der Waals surface area contributed by atoms with Crippen LogP contribution in [-0.4, -0.2) is 88.5 Å². The highest BCUT2D eigenvalue weighted by molar-refractivity contribution is 5.95. The highest BCUT2D eigenvalue weighted by Crippen LogP contribution is 2.28. The quantitative estimate of drug-likeness (QED) is 0.185. The first-order valence-corrected chi connectivity index (χ1v) is 15.3. The van der Waals surface area contributed by atoms with Crippen LogP contribution >= 0.6 is 0 Å². The summed E-state index contributed by atoms with van der Waals surface area (Å²) in [6.07, 6.45) is -3.51. The Morgan fingerprint density at radius 1 is 1.02 bits per heavy atom. The number of urea groups is 1. The Labute approximate surface area is 281 Å². The fraction of sp³-hybridized carbons (Fsp3) is 0.353. The molecule has 1 aliphatic heterocycles. The predicted molar refractivity (Wildman–Crippen MR) is 170 cm³/mol. The number of aromatic hydroxyl groups is 2. The van der Waals surface area contributed by atoms with Crippen LogP contribution in [0.2, 0.25) is 0 Å². The molecule has 1 aliphatic rings. The van der Waals surface area contributed by atoms with Crippen molar-refractivity contribution in [3.63, 3.8) is 0 Å². The Balaban J connectivity index is 0.000000838. The number of esters is 1. The minimum absolute atomic E-state index is 0.0996. The Morgan fingerprint density at radius 2 is 1.65 bits per heavy atom. The number of phenolic OH excluding ortho intramolecular Hbond substituents is 2. The van der Waals surface area contributed by atoms with Crippen molar-refractivity contribution in [3.8, 4) is 11.5 Å². The summed E-state index contributed by atoms with van der Waals surface area (Å²) in [5.74, 6) is -3.80. The normalized spacial score (nSPS) is 17.9. The van der Waals surface area contributed by atoms with Crippen molar-refractivity contribution >= 4 is 29.6 Å². The molecular weight excluding hydrogens is 649 g/mol. The number of aliphatic carboxylic acids is 1. The highest BCUT2D eigenvalue weighted by atomic mass is 19.4. The number of ether oxygens (including phenoxy) is 1. The van der Waals surface area contributed by atoms with Gasteiger partial charge in [0.25, 0.3) is 0 Å². The number of carbonyl (C=O) groups is 4. The zero-order valence-corrected chi connectivity index (χ0v) is 27.0. The summed E-state index contributed by atoms with van der Waals surface area (Å²) in [6, 6.07) is 18.3. The van der Waals surface area contributed by atoms with Crippen LogP contribution in [0.15, 0.2) is 72.8 Å². The van der Waals surface area contributed by atoms with Crippen LogP contribution in [0.1, 0.15) is 41.3 Å². The molecule has 2 unspecified atom stereocenters. The van der Waals surface area contributed by atoms with Crippen molar-refractivity contribution in [1.82, 2.24) is 4.90 Å². The number of carboxylic acid groups (broad SMARTS) is 1. The summed E-state index contributed by atoms with van der Waals surface area (Å²) < 4.78 is 37.2. The van der Waals surface area contributed by atoms with Crippen LogP contribution in [0, 0.1) is 0 Å². The first-order chi connectivity index (χ1) is 23.0. The number of amides is 3. The lowest BCUT2D eigenvalue weighted by Crippen LogP contribution is -2.62. The number of hydrogen-bond donors (Lipinski definition) is 4. The average molecular weight is 689 g/mol. The van der Waals surface area contributed by atoms with E-state index >= 15 is 0 Å². The summed E-state index contributed by atoms with van der Waals surface area (Å²) in [5, 5.41) is 31.4. The van der Waals surface area contributed by atoms with Crippen LogP contribution in [0.3, 0.4) is 0 Å². The molecule has 1 fully saturated rings. The number of likely N-dealkylation sites (N-methyl/N-ethyl adjacent to an activating group) is 1. The fourth-order valence-electron chi connectivity index (χ4n) is 5.71. The molecule has 0 aromatic heterocycles. The topological polar surface area (TPSA) is 182 Å². The molecular formula is C34H39F3N4O8. The van der Waals surface area contributed by atoms with Crippen molar-refractivity contribution in [2.24, 2.45) is 5.73 Å². The molecule has 0 aliphatic carbocycles. The molecule has 0 spiro atoms. The number of phenols is 2. The lowest BCUT2D eigenvalue weighted by Gasteiger charge is -2.46. The van der Waals surface area contributed by atoms with Crippen LogP contribution in [0.25, 0.3) is 0 Å². The number of carboxylic acids is 1. The molecule has 0 bridgehead atoms. The maximum Gasteiger partial charge on any atom is 0.430 e.